The van der Waals surface area contributed by atoms with Crippen LogP contribution in [0.15, 0.2) is 40.8 Å². The highest BCUT2D eigenvalue weighted by Gasteiger charge is 2.13. The van der Waals surface area contributed by atoms with Gasteiger partial charge in [0.1, 0.15) is 24.7 Å². The maximum Gasteiger partial charge on any atom is 0.325 e. The third-order valence-electron chi connectivity index (χ3n) is 3.95. The monoisotopic (exact) mass is 345 g/mol. The number of carbonyl (C=O) groups is 2. The lowest BCUT2D eigenvalue weighted by Gasteiger charge is -2.10. The van der Waals surface area contributed by atoms with E-state index >= 15 is 0 Å². The van der Waals surface area contributed by atoms with Gasteiger partial charge in [-0.05, 0) is 42.2 Å². The molecule has 0 bridgehead atoms. The Morgan fingerprint density at radius 1 is 1.16 bits per heavy atom. The molecule has 0 spiro atoms. The van der Waals surface area contributed by atoms with Crippen molar-refractivity contribution in [1.29, 1.82) is 0 Å². The number of rotatable bonds is 8. The van der Waals surface area contributed by atoms with Crippen LogP contribution in [0.4, 0.5) is 0 Å². The molecule has 1 unspecified atom stereocenters. The smallest absolute Gasteiger partial charge is 0.325 e. The minimum atomic E-state index is -0.524. The van der Waals surface area contributed by atoms with Gasteiger partial charge in [-0.25, -0.2) is 0 Å². The number of hydrogen-bond donors (Lipinski definition) is 1. The number of ether oxygens (including phenoxy) is 2. The van der Waals surface area contributed by atoms with Crippen molar-refractivity contribution in [3.63, 3.8) is 0 Å². The van der Waals surface area contributed by atoms with Gasteiger partial charge in [0.25, 0.3) is 5.91 Å². The van der Waals surface area contributed by atoms with Crippen LogP contribution in [0.2, 0.25) is 0 Å². The molecule has 2 rings (SSSR count). The van der Waals surface area contributed by atoms with Gasteiger partial charge in [-0.1, -0.05) is 26.0 Å². The zero-order valence-electron chi connectivity index (χ0n) is 14.7. The molecule has 0 saturated heterocycles. The molecule has 1 aromatic carbocycles. The molecule has 0 radical (unpaired) electrons. The van der Waals surface area contributed by atoms with Crippen molar-refractivity contribution >= 4 is 11.9 Å². The number of amides is 1. The van der Waals surface area contributed by atoms with E-state index < -0.39 is 11.9 Å². The Morgan fingerprint density at radius 3 is 2.52 bits per heavy atom. The Kier molecular flexibility index (Phi) is 6.62. The molecule has 0 aliphatic heterocycles. The first-order valence-corrected chi connectivity index (χ1v) is 8.20. The summed E-state index contributed by atoms with van der Waals surface area (Å²) in [6.45, 7) is 4.35. The normalized spacial score (nSPS) is 11.6. The van der Waals surface area contributed by atoms with Crippen molar-refractivity contribution in [3.05, 3.63) is 53.5 Å². The van der Waals surface area contributed by atoms with Gasteiger partial charge in [-0.15, -0.1) is 0 Å². The van der Waals surface area contributed by atoms with Gasteiger partial charge in [0.15, 0.2) is 5.76 Å². The van der Waals surface area contributed by atoms with Gasteiger partial charge in [-0.2, -0.15) is 0 Å². The van der Waals surface area contributed by atoms with Crippen molar-refractivity contribution < 1.29 is 23.5 Å². The quantitative estimate of drug-likeness (QED) is 0.743. The molecule has 0 aliphatic rings. The van der Waals surface area contributed by atoms with Crippen molar-refractivity contribution in [3.8, 4) is 5.75 Å². The fraction of sp³-hybridized carbons (Fsp3) is 0.368. The molecule has 1 N–H and O–H groups in total. The minimum absolute atomic E-state index is 0.120. The number of methoxy groups -OCH3 is 1. The number of hydrogen-bond acceptors (Lipinski definition) is 5. The molecule has 1 aromatic heterocycles. The molecule has 6 heteroatoms. The van der Waals surface area contributed by atoms with Crippen LogP contribution < -0.4 is 10.1 Å². The van der Waals surface area contributed by atoms with Gasteiger partial charge in [-0.3, -0.25) is 9.59 Å². The van der Waals surface area contributed by atoms with Crippen LogP contribution >= 0.6 is 0 Å². The topological polar surface area (TPSA) is 77.8 Å². The van der Waals surface area contributed by atoms with E-state index in [4.69, 9.17) is 9.15 Å². The molecular weight excluding hydrogens is 322 g/mol. The Hall–Kier alpha value is -2.76. The summed E-state index contributed by atoms with van der Waals surface area (Å²) in [5.41, 5.74) is 1.28. The lowest BCUT2D eigenvalue weighted by atomic mass is 9.99. The van der Waals surface area contributed by atoms with Crippen LogP contribution in [0.1, 0.15) is 48.1 Å². The highest BCUT2D eigenvalue weighted by Crippen LogP contribution is 2.22. The van der Waals surface area contributed by atoms with Crippen molar-refractivity contribution in [2.45, 2.75) is 32.8 Å². The number of nitrogens with one attached hydrogen (secondary N) is 1. The first-order chi connectivity index (χ1) is 12.0. The average molecular weight is 345 g/mol. The summed E-state index contributed by atoms with van der Waals surface area (Å²) in [6, 6.07) is 11.2. The standard InChI is InChI=1S/C19H23NO5/c1-4-13(2)14-5-7-15(8-6-14)24-12-16-9-10-17(25-16)19(22)20-11-18(21)23-3/h5-10,13H,4,11-12H2,1-3H3,(H,20,22). The second kappa shape index (κ2) is 8.92. The maximum atomic E-state index is 11.8. The summed E-state index contributed by atoms with van der Waals surface area (Å²) in [6.07, 6.45) is 1.09. The Bertz CT molecular complexity index is 705. The fourth-order valence-corrected chi connectivity index (χ4v) is 2.17. The third-order valence-corrected chi connectivity index (χ3v) is 3.95. The largest absolute Gasteiger partial charge is 0.486 e. The van der Waals surface area contributed by atoms with E-state index in [1.807, 2.05) is 12.1 Å². The molecule has 0 fully saturated rings. The summed E-state index contributed by atoms with van der Waals surface area (Å²) in [5, 5.41) is 2.41. The van der Waals surface area contributed by atoms with Crippen LogP contribution in [0, 0.1) is 0 Å². The van der Waals surface area contributed by atoms with Crippen LogP contribution in [-0.4, -0.2) is 25.5 Å². The van der Waals surface area contributed by atoms with E-state index in [2.05, 4.69) is 36.0 Å². The highest BCUT2D eigenvalue weighted by atomic mass is 16.5. The van der Waals surface area contributed by atoms with Gasteiger partial charge in [0, 0.05) is 0 Å². The molecule has 1 heterocycles. The van der Waals surface area contributed by atoms with Crippen molar-refractivity contribution in [2.75, 3.05) is 13.7 Å². The van der Waals surface area contributed by atoms with Crippen molar-refractivity contribution in [1.82, 2.24) is 5.32 Å². The van der Waals surface area contributed by atoms with E-state index in [0.717, 1.165) is 12.2 Å². The van der Waals surface area contributed by atoms with E-state index in [9.17, 15) is 9.59 Å². The van der Waals surface area contributed by atoms with Gasteiger partial charge in [0.05, 0.1) is 7.11 Å². The second-order valence-electron chi connectivity index (χ2n) is 5.69. The zero-order chi connectivity index (χ0) is 18.2. The minimum Gasteiger partial charge on any atom is -0.486 e. The number of esters is 1. The maximum absolute atomic E-state index is 11.8. The number of carbonyl (C=O) groups excluding carboxylic acids is 2. The predicted molar refractivity (Wildman–Crippen MR) is 92.5 cm³/mol. The molecule has 1 amide bonds. The molecule has 134 valence electrons. The Labute approximate surface area is 147 Å². The lowest BCUT2D eigenvalue weighted by Crippen LogP contribution is -2.29. The predicted octanol–water partition coefficient (Wildman–Crippen LogP) is 3.27. The molecule has 6 nitrogen and oxygen atoms in total. The SMILES string of the molecule is CCC(C)c1ccc(OCc2ccc(C(=O)NCC(=O)OC)o2)cc1. The van der Waals surface area contributed by atoms with E-state index in [0.29, 0.717) is 11.7 Å². The first-order valence-electron chi connectivity index (χ1n) is 8.20. The fourth-order valence-electron chi connectivity index (χ4n) is 2.17. The Balaban J connectivity index is 1.86. The summed E-state index contributed by atoms with van der Waals surface area (Å²) in [5.74, 6) is 0.896. The highest BCUT2D eigenvalue weighted by molar-refractivity contribution is 5.93. The van der Waals surface area contributed by atoms with E-state index in [1.165, 1.54) is 18.7 Å². The molecule has 0 saturated carbocycles. The van der Waals surface area contributed by atoms with Crippen LogP contribution in [-0.2, 0) is 16.1 Å². The average Bonchev–Trinajstić information content (AvgIpc) is 3.13. The molecule has 2 aromatic rings. The molecular formula is C19H23NO5. The van der Waals surface area contributed by atoms with Gasteiger partial charge >= 0.3 is 5.97 Å². The first kappa shape index (κ1) is 18.6. The van der Waals surface area contributed by atoms with E-state index in [1.54, 1.807) is 6.07 Å². The van der Waals surface area contributed by atoms with Crippen LogP contribution in [0.5, 0.6) is 5.75 Å². The number of benzene rings is 1. The third kappa shape index (κ3) is 5.38. The summed E-state index contributed by atoms with van der Waals surface area (Å²) in [4.78, 5) is 22.8. The molecule has 1 atom stereocenters. The summed E-state index contributed by atoms with van der Waals surface area (Å²) >= 11 is 0. The van der Waals surface area contributed by atoms with Crippen molar-refractivity contribution in [2.24, 2.45) is 0 Å². The summed E-state index contributed by atoms with van der Waals surface area (Å²) in [7, 11) is 1.26. The zero-order valence-corrected chi connectivity index (χ0v) is 14.7. The molecule has 0 aliphatic carbocycles. The van der Waals surface area contributed by atoms with Gasteiger partial charge < -0.3 is 19.2 Å². The van der Waals surface area contributed by atoms with Crippen LogP contribution in [0.3, 0.4) is 0 Å². The van der Waals surface area contributed by atoms with E-state index in [-0.39, 0.29) is 18.9 Å². The van der Waals surface area contributed by atoms with Crippen LogP contribution in [0.25, 0.3) is 0 Å². The second-order valence-corrected chi connectivity index (χ2v) is 5.69. The van der Waals surface area contributed by atoms with Gasteiger partial charge in [0.2, 0.25) is 0 Å². The summed E-state index contributed by atoms with van der Waals surface area (Å²) < 4.78 is 15.5. The Morgan fingerprint density at radius 2 is 1.88 bits per heavy atom. The lowest BCUT2D eigenvalue weighted by molar-refractivity contribution is -0.139. The number of furan rings is 1. The molecule has 25 heavy (non-hydrogen) atoms.